The molecule has 1 saturated carbocycles. The number of halogens is 1. The number of amidine groups is 1. The summed E-state index contributed by atoms with van der Waals surface area (Å²) in [6.07, 6.45) is 6.67. The standard InChI is InChI=1S/C32H39FN4O3S/c1-4-5-12-29-34-32(15-8-9-16-32)31(38)37(29)20-24-13-14-26(25(19-24)21-39-18-17-33)27-10-6-7-11-28(27)41-36-30-22(2)23(3)40-35-30/h6-7,10-11,13-14,19H,4-5,8-9,12,15-18,20-21H2,1-3H3,(H,35,36). The number of nitrogens with one attached hydrogen (secondary N) is 1. The molecule has 7 nitrogen and oxygen atoms in total. The molecule has 3 aromatic rings. The Bertz CT molecular complexity index is 1400. The Morgan fingerprint density at radius 1 is 1.15 bits per heavy atom. The summed E-state index contributed by atoms with van der Waals surface area (Å²) in [7, 11) is 0. The molecule has 5 rings (SSSR count). The van der Waals surface area contributed by atoms with E-state index in [4.69, 9.17) is 14.3 Å². The van der Waals surface area contributed by atoms with E-state index in [2.05, 4.69) is 47.1 Å². The lowest BCUT2D eigenvalue weighted by Gasteiger charge is -2.23. The normalized spacial score (nSPS) is 16.1. The minimum absolute atomic E-state index is 0.0351. The Kier molecular flexibility index (Phi) is 9.45. The second-order valence-corrected chi connectivity index (χ2v) is 11.8. The second kappa shape index (κ2) is 13.2. The zero-order valence-corrected chi connectivity index (χ0v) is 25.0. The number of amides is 1. The lowest BCUT2D eigenvalue weighted by Crippen LogP contribution is -2.40. The van der Waals surface area contributed by atoms with Gasteiger partial charge in [-0.1, -0.05) is 67.7 Å². The largest absolute Gasteiger partial charge is 0.374 e. The van der Waals surface area contributed by atoms with Gasteiger partial charge in [-0.15, -0.1) is 0 Å². The predicted molar refractivity (Wildman–Crippen MR) is 162 cm³/mol. The topological polar surface area (TPSA) is 80.0 Å². The molecule has 1 aliphatic heterocycles. The molecule has 0 bridgehead atoms. The van der Waals surface area contributed by atoms with Gasteiger partial charge in [0.1, 0.15) is 23.8 Å². The number of anilines is 1. The Balaban J connectivity index is 1.42. The van der Waals surface area contributed by atoms with Crippen molar-refractivity contribution in [3.05, 3.63) is 64.9 Å². The number of rotatable bonds is 13. The molecule has 0 unspecified atom stereocenters. The highest BCUT2D eigenvalue weighted by Crippen LogP contribution is 2.41. The molecule has 1 aromatic heterocycles. The first-order valence-corrected chi connectivity index (χ1v) is 15.4. The van der Waals surface area contributed by atoms with Crippen LogP contribution in [-0.2, 0) is 22.7 Å². The molecule has 218 valence electrons. The number of carbonyl (C=O) groups is 1. The first-order valence-electron chi connectivity index (χ1n) is 14.6. The number of benzene rings is 2. The summed E-state index contributed by atoms with van der Waals surface area (Å²) in [5, 5.41) is 4.11. The molecule has 2 aromatic carbocycles. The Labute approximate surface area is 246 Å². The molecule has 2 aliphatic rings. The van der Waals surface area contributed by atoms with Gasteiger partial charge in [-0.3, -0.25) is 14.7 Å². The predicted octanol–water partition coefficient (Wildman–Crippen LogP) is 7.81. The van der Waals surface area contributed by atoms with E-state index in [9.17, 15) is 9.18 Å². The van der Waals surface area contributed by atoms with Gasteiger partial charge < -0.3 is 14.0 Å². The van der Waals surface area contributed by atoms with Crippen molar-refractivity contribution < 1.29 is 18.4 Å². The fourth-order valence-corrected chi connectivity index (χ4v) is 6.47. The average molecular weight is 579 g/mol. The first kappa shape index (κ1) is 29.3. The van der Waals surface area contributed by atoms with Crippen LogP contribution in [0.3, 0.4) is 0 Å². The number of hydrogen-bond acceptors (Lipinski definition) is 7. The van der Waals surface area contributed by atoms with Crippen molar-refractivity contribution >= 4 is 29.5 Å². The van der Waals surface area contributed by atoms with Crippen LogP contribution in [0.5, 0.6) is 0 Å². The van der Waals surface area contributed by atoms with Crippen molar-refractivity contribution in [2.24, 2.45) is 4.99 Å². The van der Waals surface area contributed by atoms with Crippen molar-refractivity contribution in [2.45, 2.75) is 89.3 Å². The molecule has 41 heavy (non-hydrogen) atoms. The highest BCUT2D eigenvalue weighted by atomic mass is 32.2. The maximum atomic E-state index is 13.7. The third kappa shape index (κ3) is 6.36. The summed E-state index contributed by atoms with van der Waals surface area (Å²) < 4.78 is 27.3. The summed E-state index contributed by atoms with van der Waals surface area (Å²) in [6, 6.07) is 14.4. The third-order valence-corrected chi connectivity index (χ3v) is 8.94. The molecule has 9 heteroatoms. The van der Waals surface area contributed by atoms with E-state index in [0.29, 0.717) is 12.4 Å². The van der Waals surface area contributed by atoms with E-state index in [-0.39, 0.29) is 19.1 Å². The number of alkyl halides is 1. The van der Waals surface area contributed by atoms with Gasteiger partial charge >= 0.3 is 0 Å². The van der Waals surface area contributed by atoms with Gasteiger partial charge in [0.05, 0.1) is 19.8 Å². The van der Waals surface area contributed by atoms with E-state index in [1.54, 1.807) is 0 Å². The number of aromatic nitrogens is 1. The molecular formula is C32H39FN4O3S. The van der Waals surface area contributed by atoms with E-state index < -0.39 is 12.2 Å². The summed E-state index contributed by atoms with van der Waals surface area (Å²) in [5.41, 5.74) is 4.41. The lowest BCUT2D eigenvalue weighted by atomic mass is 9.96. The SMILES string of the molecule is CCCCC1=NC2(CCCC2)C(=O)N1Cc1ccc(-c2ccccc2SNc2noc(C)c2C)c(COCCF)c1. The number of hydrogen-bond donors (Lipinski definition) is 1. The van der Waals surface area contributed by atoms with Gasteiger partial charge in [-0.2, -0.15) is 0 Å². The Hall–Kier alpha value is -3.17. The van der Waals surface area contributed by atoms with E-state index >= 15 is 0 Å². The first-order chi connectivity index (χ1) is 20.0. The molecular weight excluding hydrogens is 539 g/mol. The fourth-order valence-electron chi connectivity index (χ4n) is 5.64. The number of aliphatic imine (C=N–C) groups is 1. The molecule has 1 spiro atoms. The maximum Gasteiger partial charge on any atom is 0.256 e. The van der Waals surface area contributed by atoms with Gasteiger partial charge in [-0.25, -0.2) is 4.39 Å². The minimum atomic E-state index is -0.556. The molecule has 1 aliphatic carbocycles. The van der Waals surface area contributed by atoms with Crippen LogP contribution in [-0.4, -0.2) is 40.6 Å². The quantitative estimate of drug-likeness (QED) is 0.165. The third-order valence-electron chi connectivity index (χ3n) is 8.06. The van der Waals surface area contributed by atoms with Crippen LogP contribution in [0, 0.1) is 13.8 Å². The molecule has 0 saturated heterocycles. The van der Waals surface area contributed by atoms with Gasteiger partial charge in [0, 0.05) is 16.9 Å². The molecule has 1 N–H and O–H groups in total. The zero-order valence-electron chi connectivity index (χ0n) is 24.2. The van der Waals surface area contributed by atoms with Gasteiger partial charge in [0.25, 0.3) is 5.91 Å². The van der Waals surface area contributed by atoms with Crippen LogP contribution in [0.1, 0.15) is 74.3 Å². The van der Waals surface area contributed by atoms with Crippen molar-refractivity contribution in [3.8, 4) is 11.1 Å². The van der Waals surface area contributed by atoms with E-state index in [0.717, 1.165) is 89.3 Å². The second-order valence-electron chi connectivity index (χ2n) is 10.9. The molecule has 0 atom stereocenters. The number of ether oxygens (including phenoxy) is 1. The summed E-state index contributed by atoms with van der Waals surface area (Å²) in [5.74, 6) is 2.54. The lowest BCUT2D eigenvalue weighted by molar-refractivity contribution is -0.131. The highest BCUT2D eigenvalue weighted by Gasteiger charge is 2.49. The summed E-state index contributed by atoms with van der Waals surface area (Å²) >= 11 is 1.47. The summed E-state index contributed by atoms with van der Waals surface area (Å²) in [6.45, 7) is 6.26. The highest BCUT2D eigenvalue weighted by molar-refractivity contribution is 8.00. The van der Waals surface area contributed by atoms with Crippen molar-refractivity contribution in [2.75, 3.05) is 18.0 Å². The van der Waals surface area contributed by atoms with Gasteiger partial charge in [0.15, 0.2) is 5.82 Å². The van der Waals surface area contributed by atoms with E-state index in [1.807, 2.05) is 30.9 Å². The molecule has 2 heterocycles. The zero-order chi connectivity index (χ0) is 28.8. The van der Waals surface area contributed by atoms with Crippen LogP contribution in [0.25, 0.3) is 11.1 Å². The number of unbranched alkanes of at least 4 members (excludes halogenated alkanes) is 1. The molecule has 1 fully saturated rings. The fraction of sp³-hybridized carbons (Fsp3) is 0.469. The van der Waals surface area contributed by atoms with Crippen molar-refractivity contribution in [3.63, 3.8) is 0 Å². The smallest absolute Gasteiger partial charge is 0.256 e. The van der Waals surface area contributed by atoms with Gasteiger partial charge in [0.2, 0.25) is 0 Å². The molecule has 0 radical (unpaired) electrons. The van der Waals surface area contributed by atoms with Crippen LogP contribution in [0.2, 0.25) is 0 Å². The maximum absolute atomic E-state index is 13.7. The van der Waals surface area contributed by atoms with E-state index in [1.165, 1.54) is 11.9 Å². The average Bonchev–Trinajstić information content (AvgIpc) is 3.66. The number of carbonyl (C=O) groups excluding carboxylic acids is 1. The number of aryl methyl sites for hydroxylation is 1. The van der Waals surface area contributed by atoms with Gasteiger partial charge in [-0.05, 0) is 73.4 Å². The van der Waals surface area contributed by atoms with Crippen molar-refractivity contribution in [1.29, 1.82) is 0 Å². The van der Waals surface area contributed by atoms with Crippen molar-refractivity contribution in [1.82, 2.24) is 10.1 Å². The summed E-state index contributed by atoms with van der Waals surface area (Å²) in [4.78, 5) is 21.6. The van der Waals surface area contributed by atoms with Crippen LogP contribution >= 0.6 is 11.9 Å². The minimum Gasteiger partial charge on any atom is -0.374 e. The van der Waals surface area contributed by atoms with Crippen LogP contribution < -0.4 is 4.72 Å². The number of nitrogens with zero attached hydrogens (tertiary/aromatic N) is 3. The Morgan fingerprint density at radius 2 is 1.95 bits per heavy atom. The van der Waals surface area contributed by atoms with Crippen LogP contribution in [0.4, 0.5) is 10.2 Å². The Morgan fingerprint density at radius 3 is 2.68 bits per heavy atom. The molecule has 1 amide bonds. The monoisotopic (exact) mass is 578 g/mol. The van der Waals surface area contributed by atoms with Crippen LogP contribution in [0.15, 0.2) is 56.9 Å².